The molecular weight excluding hydrogens is 230 g/mol. The second kappa shape index (κ2) is 4.21. The number of aliphatic hydroxyl groups is 1. The zero-order chi connectivity index (χ0) is 12.7. The first-order valence-electron chi connectivity index (χ1n) is 6.32. The van der Waals surface area contributed by atoms with E-state index < -0.39 is 6.10 Å². The molecule has 1 fully saturated rings. The third-order valence-corrected chi connectivity index (χ3v) is 3.94. The number of amides is 2. The molecule has 1 aliphatic heterocycles. The van der Waals surface area contributed by atoms with Gasteiger partial charge in [-0.15, -0.1) is 0 Å². The van der Waals surface area contributed by atoms with E-state index in [-0.39, 0.29) is 24.3 Å². The Balaban J connectivity index is 1.79. The normalized spacial score (nSPS) is 20.8. The highest BCUT2D eigenvalue weighted by Crippen LogP contribution is 2.31. The number of hydrogen-bond acceptors (Lipinski definition) is 3. The van der Waals surface area contributed by atoms with Gasteiger partial charge in [-0.25, -0.2) is 0 Å². The van der Waals surface area contributed by atoms with Crippen molar-refractivity contribution in [2.75, 3.05) is 6.54 Å². The number of aliphatic hydroxyl groups excluding tert-OH is 1. The number of benzene rings is 1. The third-order valence-electron chi connectivity index (χ3n) is 3.94. The van der Waals surface area contributed by atoms with E-state index in [1.54, 1.807) is 24.3 Å². The van der Waals surface area contributed by atoms with Crippen molar-refractivity contribution in [2.24, 2.45) is 5.92 Å². The van der Waals surface area contributed by atoms with Crippen LogP contribution >= 0.6 is 0 Å². The van der Waals surface area contributed by atoms with Crippen molar-refractivity contribution < 1.29 is 14.7 Å². The monoisotopic (exact) mass is 245 g/mol. The number of carbonyl (C=O) groups is 2. The van der Waals surface area contributed by atoms with E-state index >= 15 is 0 Å². The number of nitrogens with zero attached hydrogens (tertiary/aromatic N) is 1. The maximum absolute atomic E-state index is 12.1. The molecule has 1 heterocycles. The Morgan fingerprint density at radius 2 is 1.72 bits per heavy atom. The van der Waals surface area contributed by atoms with Crippen LogP contribution in [0.1, 0.15) is 40.0 Å². The molecule has 0 bridgehead atoms. The zero-order valence-corrected chi connectivity index (χ0v) is 10.0. The Morgan fingerprint density at radius 1 is 1.17 bits per heavy atom. The Hall–Kier alpha value is -1.68. The van der Waals surface area contributed by atoms with Gasteiger partial charge in [0.25, 0.3) is 11.8 Å². The maximum atomic E-state index is 12.1. The van der Waals surface area contributed by atoms with Gasteiger partial charge < -0.3 is 5.11 Å². The van der Waals surface area contributed by atoms with Crippen molar-refractivity contribution in [3.05, 3.63) is 35.4 Å². The van der Waals surface area contributed by atoms with Crippen LogP contribution in [0.2, 0.25) is 0 Å². The summed E-state index contributed by atoms with van der Waals surface area (Å²) < 4.78 is 0. The van der Waals surface area contributed by atoms with Crippen LogP contribution in [0.4, 0.5) is 0 Å². The van der Waals surface area contributed by atoms with Crippen LogP contribution in [-0.4, -0.2) is 34.5 Å². The first-order chi connectivity index (χ1) is 8.68. The third kappa shape index (κ3) is 1.64. The maximum Gasteiger partial charge on any atom is 0.261 e. The van der Waals surface area contributed by atoms with Gasteiger partial charge in [-0.1, -0.05) is 18.6 Å². The van der Waals surface area contributed by atoms with Crippen LogP contribution in [0, 0.1) is 5.92 Å². The quantitative estimate of drug-likeness (QED) is 0.820. The average Bonchev–Trinajstić information content (AvgIpc) is 2.53. The summed E-state index contributed by atoms with van der Waals surface area (Å²) in [6.07, 6.45) is 2.53. The van der Waals surface area contributed by atoms with Crippen molar-refractivity contribution in [1.29, 1.82) is 0 Å². The summed E-state index contributed by atoms with van der Waals surface area (Å²) in [5.41, 5.74) is 0.895. The molecule has 1 aliphatic carbocycles. The minimum absolute atomic E-state index is 0.122. The summed E-state index contributed by atoms with van der Waals surface area (Å²) in [4.78, 5) is 25.3. The van der Waals surface area contributed by atoms with E-state index in [9.17, 15) is 14.7 Å². The molecule has 1 saturated carbocycles. The Kier molecular flexibility index (Phi) is 2.67. The summed E-state index contributed by atoms with van der Waals surface area (Å²) in [6, 6.07) is 6.81. The molecule has 0 spiro atoms. The molecule has 0 saturated heterocycles. The highest BCUT2D eigenvalue weighted by Gasteiger charge is 2.38. The van der Waals surface area contributed by atoms with E-state index in [0.717, 1.165) is 19.3 Å². The molecule has 1 aromatic carbocycles. The van der Waals surface area contributed by atoms with Crippen molar-refractivity contribution in [2.45, 2.75) is 25.4 Å². The smallest absolute Gasteiger partial charge is 0.261 e. The average molecular weight is 245 g/mol. The van der Waals surface area contributed by atoms with E-state index in [1.165, 1.54) is 4.90 Å². The largest absolute Gasteiger partial charge is 0.391 e. The lowest BCUT2D eigenvalue weighted by Crippen LogP contribution is -2.41. The topological polar surface area (TPSA) is 57.6 Å². The van der Waals surface area contributed by atoms with Crippen molar-refractivity contribution in [3.8, 4) is 0 Å². The predicted molar refractivity (Wildman–Crippen MR) is 65.2 cm³/mol. The SMILES string of the molecule is O=C1c2ccccc2C(=O)N1CC(O)C1CCC1. The minimum atomic E-state index is -0.582. The molecule has 4 heteroatoms. The summed E-state index contributed by atoms with van der Waals surface area (Å²) in [6.45, 7) is 0.122. The van der Waals surface area contributed by atoms with Gasteiger partial charge in [0.1, 0.15) is 0 Å². The molecule has 18 heavy (non-hydrogen) atoms. The Labute approximate surface area is 105 Å². The molecule has 94 valence electrons. The highest BCUT2D eigenvalue weighted by atomic mass is 16.3. The highest BCUT2D eigenvalue weighted by molar-refractivity contribution is 6.21. The van der Waals surface area contributed by atoms with Crippen molar-refractivity contribution >= 4 is 11.8 Å². The number of carbonyl (C=O) groups excluding carboxylic acids is 2. The van der Waals surface area contributed by atoms with Gasteiger partial charge in [-0.2, -0.15) is 0 Å². The number of hydrogen-bond donors (Lipinski definition) is 1. The molecule has 1 aromatic rings. The van der Waals surface area contributed by atoms with Crippen molar-refractivity contribution in [1.82, 2.24) is 4.90 Å². The molecular formula is C14H15NO3. The van der Waals surface area contributed by atoms with Gasteiger partial charge in [0.05, 0.1) is 23.8 Å². The lowest BCUT2D eigenvalue weighted by Gasteiger charge is -2.32. The Morgan fingerprint density at radius 3 is 2.17 bits per heavy atom. The van der Waals surface area contributed by atoms with Crippen LogP contribution < -0.4 is 0 Å². The van der Waals surface area contributed by atoms with Gasteiger partial charge in [-0.3, -0.25) is 14.5 Å². The van der Waals surface area contributed by atoms with Gasteiger partial charge in [-0.05, 0) is 30.9 Å². The zero-order valence-electron chi connectivity index (χ0n) is 10.0. The van der Waals surface area contributed by atoms with Gasteiger partial charge in [0.15, 0.2) is 0 Å². The molecule has 3 rings (SSSR count). The molecule has 4 nitrogen and oxygen atoms in total. The van der Waals surface area contributed by atoms with E-state index in [0.29, 0.717) is 11.1 Å². The fourth-order valence-electron chi connectivity index (χ4n) is 2.57. The number of β-amino-alcohol motifs (C(OH)–C–C–N with tert-alkyl or cyclic N) is 1. The molecule has 1 atom stereocenters. The van der Waals surface area contributed by atoms with E-state index in [1.807, 2.05) is 0 Å². The molecule has 1 N–H and O–H groups in total. The number of rotatable bonds is 3. The number of imide groups is 1. The van der Waals surface area contributed by atoms with Crippen LogP contribution in [0.15, 0.2) is 24.3 Å². The Bertz CT molecular complexity index is 473. The van der Waals surface area contributed by atoms with Crippen LogP contribution in [-0.2, 0) is 0 Å². The molecule has 1 unspecified atom stereocenters. The van der Waals surface area contributed by atoms with Crippen LogP contribution in [0.25, 0.3) is 0 Å². The second-order valence-corrected chi connectivity index (χ2v) is 5.02. The fourth-order valence-corrected chi connectivity index (χ4v) is 2.57. The first-order valence-corrected chi connectivity index (χ1v) is 6.32. The minimum Gasteiger partial charge on any atom is -0.391 e. The van der Waals surface area contributed by atoms with Crippen molar-refractivity contribution in [3.63, 3.8) is 0 Å². The molecule has 2 amide bonds. The van der Waals surface area contributed by atoms with Gasteiger partial charge in [0.2, 0.25) is 0 Å². The summed E-state index contributed by atoms with van der Waals surface area (Å²) in [7, 11) is 0. The molecule has 2 aliphatic rings. The van der Waals surface area contributed by atoms with Crippen LogP contribution in [0.3, 0.4) is 0 Å². The second-order valence-electron chi connectivity index (χ2n) is 5.02. The summed E-state index contributed by atoms with van der Waals surface area (Å²) in [5.74, 6) is -0.322. The van der Waals surface area contributed by atoms with Gasteiger partial charge >= 0.3 is 0 Å². The van der Waals surface area contributed by atoms with E-state index in [2.05, 4.69) is 0 Å². The lowest BCUT2D eigenvalue weighted by molar-refractivity contribution is 0.0271. The summed E-state index contributed by atoms with van der Waals surface area (Å²) >= 11 is 0. The first kappa shape index (κ1) is 11.4. The summed E-state index contributed by atoms with van der Waals surface area (Å²) in [5, 5.41) is 10.00. The molecule has 0 radical (unpaired) electrons. The number of fused-ring (bicyclic) bond motifs is 1. The van der Waals surface area contributed by atoms with Crippen LogP contribution in [0.5, 0.6) is 0 Å². The van der Waals surface area contributed by atoms with E-state index in [4.69, 9.17) is 0 Å². The molecule has 0 aromatic heterocycles. The standard InChI is InChI=1S/C14H15NO3/c16-12(9-4-3-5-9)8-15-13(17)10-6-1-2-7-11(10)14(15)18/h1-2,6-7,9,12,16H,3-5,8H2. The fraction of sp³-hybridized carbons (Fsp3) is 0.429. The van der Waals surface area contributed by atoms with Gasteiger partial charge in [0, 0.05) is 0 Å². The lowest BCUT2D eigenvalue weighted by atomic mass is 9.81. The predicted octanol–water partition coefficient (Wildman–Crippen LogP) is 1.44.